The van der Waals surface area contributed by atoms with Crippen molar-refractivity contribution >= 4 is 38.9 Å². The molecule has 1 amide bonds. The number of amides is 1. The first kappa shape index (κ1) is 21.7. The summed E-state index contributed by atoms with van der Waals surface area (Å²) in [7, 11) is -1.04. The van der Waals surface area contributed by atoms with Crippen molar-refractivity contribution < 1.29 is 17.9 Å². The molecule has 0 bridgehead atoms. The number of carbonyl (C=O) groups excluding carboxylic acids is 1. The molecule has 0 N–H and O–H groups in total. The Labute approximate surface area is 181 Å². The van der Waals surface area contributed by atoms with Gasteiger partial charge in [-0.05, 0) is 42.5 Å². The number of ether oxygens (including phenoxy) is 1. The summed E-state index contributed by atoms with van der Waals surface area (Å²) < 4.78 is 33.3. The molecule has 3 rings (SSSR count). The van der Waals surface area contributed by atoms with Gasteiger partial charge in [-0.25, -0.2) is 8.42 Å². The standard InChI is InChI=1S/C22H21ClN2O4S/c1-24(18-9-5-3-6-10-18)22(26)16-25(20-15-17(23)13-14-21(20)29-2)30(27,28)19-11-7-4-8-12-19/h3-15H,16H2,1-2H3. The second kappa shape index (κ2) is 9.19. The lowest BCUT2D eigenvalue weighted by molar-refractivity contribution is -0.116. The van der Waals surface area contributed by atoms with E-state index in [1.807, 2.05) is 6.07 Å². The molecule has 0 fully saturated rings. The molecule has 6 nitrogen and oxygen atoms in total. The lowest BCUT2D eigenvalue weighted by Crippen LogP contribution is -2.42. The summed E-state index contributed by atoms with van der Waals surface area (Å²) in [6, 6.07) is 21.5. The van der Waals surface area contributed by atoms with E-state index in [1.54, 1.807) is 61.6 Å². The van der Waals surface area contributed by atoms with E-state index in [1.165, 1.54) is 30.2 Å². The van der Waals surface area contributed by atoms with Gasteiger partial charge in [-0.3, -0.25) is 9.10 Å². The second-order valence-electron chi connectivity index (χ2n) is 6.43. The van der Waals surface area contributed by atoms with E-state index in [0.29, 0.717) is 10.7 Å². The molecule has 0 aliphatic heterocycles. The monoisotopic (exact) mass is 444 g/mol. The van der Waals surface area contributed by atoms with Crippen LogP contribution in [0, 0.1) is 0 Å². The van der Waals surface area contributed by atoms with Gasteiger partial charge in [0.1, 0.15) is 12.3 Å². The van der Waals surface area contributed by atoms with E-state index in [0.717, 1.165) is 4.31 Å². The number of halogens is 1. The minimum atomic E-state index is -4.07. The van der Waals surface area contributed by atoms with Crippen LogP contribution in [0.1, 0.15) is 0 Å². The number of hydrogen-bond donors (Lipinski definition) is 0. The Hall–Kier alpha value is -3.03. The quantitative estimate of drug-likeness (QED) is 0.547. The van der Waals surface area contributed by atoms with Crippen LogP contribution >= 0.6 is 11.6 Å². The molecular formula is C22H21ClN2O4S. The van der Waals surface area contributed by atoms with Crippen molar-refractivity contribution in [3.63, 3.8) is 0 Å². The van der Waals surface area contributed by atoms with Gasteiger partial charge in [0.25, 0.3) is 10.0 Å². The molecule has 0 aromatic heterocycles. The highest BCUT2D eigenvalue weighted by atomic mass is 35.5. The minimum absolute atomic E-state index is 0.0576. The first-order valence-electron chi connectivity index (χ1n) is 9.07. The molecule has 0 unspecified atom stereocenters. The molecule has 3 aromatic carbocycles. The fourth-order valence-corrected chi connectivity index (χ4v) is 4.51. The molecule has 156 valence electrons. The highest BCUT2D eigenvalue weighted by Crippen LogP contribution is 2.35. The van der Waals surface area contributed by atoms with Crippen molar-refractivity contribution in [1.82, 2.24) is 0 Å². The number of anilines is 2. The van der Waals surface area contributed by atoms with Crippen molar-refractivity contribution in [2.45, 2.75) is 4.90 Å². The maximum Gasteiger partial charge on any atom is 0.264 e. The van der Waals surface area contributed by atoms with E-state index < -0.39 is 22.5 Å². The largest absolute Gasteiger partial charge is 0.495 e. The zero-order valence-electron chi connectivity index (χ0n) is 16.5. The molecule has 0 saturated heterocycles. The number of nitrogens with zero attached hydrogens (tertiary/aromatic N) is 2. The number of carbonyl (C=O) groups is 1. The van der Waals surface area contributed by atoms with Crippen molar-refractivity contribution in [3.05, 3.63) is 83.9 Å². The number of hydrogen-bond acceptors (Lipinski definition) is 4. The van der Waals surface area contributed by atoms with Gasteiger partial charge in [0.15, 0.2) is 0 Å². The smallest absolute Gasteiger partial charge is 0.264 e. The van der Waals surface area contributed by atoms with E-state index in [2.05, 4.69) is 0 Å². The second-order valence-corrected chi connectivity index (χ2v) is 8.73. The number of sulfonamides is 1. The van der Waals surface area contributed by atoms with Gasteiger partial charge < -0.3 is 9.64 Å². The minimum Gasteiger partial charge on any atom is -0.495 e. The lowest BCUT2D eigenvalue weighted by Gasteiger charge is -2.28. The highest BCUT2D eigenvalue weighted by Gasteiger charge is 2.30. The first-order chi connectivity index (χ1) is 14.3. The molecule has 0 heterocycles. The maximum absolute atomic E-state index is 13.5. The first-order valence-corrected chi connectivity index (χ1v) is 10.9. The van der Waals surface area contributed by atoms with Crippen LogP contribution in [0.25, 0.3) is 0 Å². The lowest BCUT2D eigenvalue weighted by atomic mass is 10.2. The molecule has 0 saturated carbocycles. The van der Waals surface area contributed by atoms with Gasteiger partial charge >= 0.3 is 0 Å². The van der Waals surface area contributed by atoms with Crippen LogP contribution in [0.15, 0.2) is 83.8 Å². The van der Waals surface area contributed by atoms with E-state index >= 15 is 0 Å². The molecule has 0 aliphatic rings. The molecular weight excluding hydrogens is 424 g/mol. The molecule has 30 heavy (non-hydrogen) atoms. The zero-order valence-corrected chi connectivity index (χ0v) is 18.1. The molecule has 3 aromatic rings. The van der Waals surface area contributed by atoms with Crippen LogP contribution in [0.3, 0.4) is 0 Å². The number of methoxy groups -OCH3 is 1. The Morgan fingerprint density at radius 1 is 0.967 bits per heavy atom. The Morgan fingerprint density at radius 3 is 2.17 bits per heavy atom. The van der Waals surface area contributed by atoms with Gasteiger partial charge in [-0.2, -0.15) is 0 Å². The van der Waals surface area contributed by atoms with Crippen LogP contribution in [0.4, 0.5) is 11.4 Å². The molecule has 0 aliphatic carbocycles. The Balaban J connectivity index is 2.07. The van der Waals surface area contributed by atoms with Crippen LogP contribution in [0.5, 0.6) is 5.75 Å². The summed E-state index contributed by atoms with van der Waals surface area (Å²) >= 11 is 6.14. The summed E-state index contributed by atoms with van der Waals surface area (Å²) in [5.74, 6) is -0.128. The summed E-state index contributed by atoms with van der Waals surface area (Å²) in [4.78, 5) is 14.5. The van der Waals surface area contributed by atoms with Crippen molar-refractivity contribution in [2.75, 3.05) is 29.9 Å². The Morgan fingerprint density at radius 2 is 1.57 bits per heavy atom. The predicted octanol–water partition coefficient (Wildman–Crippen LogP) is 4.21. The third-order valence-electron chi connectivity index (χ3n) is 4.54. The van der Waals surface area contributed by atoms with Crippen molar-refractivity contribution in [2.24, 2.45) is 0 Å². The highest BCUT2D eigenvalue weighted by molar-refractivity contribution is 7.92. The third kappa shape index (κ3) is 4.58. The van der Waals surface area contributed by atoms with Crippen LogP contribution in [-0.2, 0) is 14.8 Å². The van der Waals surface area contributed by atoms with Crippen molar-refractivity contribution in [1.29, 1.82) is 0 Å². The average molecular weight is 445 g/mol. The molecule has 0 radical (unpaired) electrons. The van der Waals surface area contributed by atoms with Gasteiger partial charge in [0.05, 0.1) is 17.7 Å². The normalized spacial score (nSPS) is 11.0. The summed E-state index contributed by atoms with van der Waals surface area (Å²) in [5.41, 5.74) is 0.835. The fourth-order valence-electron chi connectivity index (χ4n) is 2.90. The number of likely N-dealkylation sites (N-methyl/N-ethyl adjacent to an activating group) is 1. The van der Waals surface area contributed by atoms with Crippen LogP contribution in [-0.4, -0.2) is 35.0 Å². The Kier molecular flexibility index (Phi) is 6.64. The van der Waals surface area contributed by atoms with E-state index in [9.17, 15) is 13.2 Å². The summed E-state index contributed by atoms with van der Waals surface area (Å²) in [6.07, 6.45) is 0. The molecule has 0 spiro atoms. The van der Waals surface area contributed by atoms with Gasteiger partial charge in [-0.1, -0.05) is 48.0 Å². The maximum atomic E-state index is 13.5. The molecule has 0 atom stereocenters. The number of benzene rings is 3. The van der Waals surface area contributed by atoms with Gasteiger partial charge in [0, 0.05) is 17.8 Å². The average Bonchev–Trinajstić information content (AvgIpc) is 2.77. The van der Waals surface area contributed by atoms with Gasteiger partial charge in [0.2, 0.25) is 5.91 Å². The zero-order chi connectivity index (χ0) is 21.7. The van der Waals surface area contributed by atoms with E-state index in [4.69, 9.17) is 16.3 Å². The number of para-hydroxylation sites is 1. The predicted molar refractivity (Wildman–Crippen MR) is 119 cm³/mol. The van der Waals surface area contributed by atoms with E-state index in [-0.39, 0.29) is 16.3 Å². The molecule has 8 heteroatoms. The van der Waals surface area contributed by atoms with Gasteiger partial charge in [-0.15, -0.1) is 0 Å². The van der Waals surface area contributed by atoms with Crippen LogP contribution in [0.2, 0.25) is 5.02 Å². The van der Waals surface area contributed by atoms with Crippen molar-refractivity contribution in [3.8, 4) is 5.75 Å². The topological polar surface area (TPSA) is 66.9 Å². The van der Waals surface area contributed by atoms with Crippen LogP contribution < -0.4 is 13.9 Å². The SMILES string of the molecule is COc1ccc(Cl)cc1N(CC(=O)N(C)c1ccccc1)S(=O)(=O)c1ccccc1. The summed E-state index contributed by atoms with van der Waals surface area (Å²) in [6.45, 7) is -0.431. The number of rotatable bonds is 7. The third-order valence-corrected chi connectivity index (χ3v) is 6.55. The fraction of sp³-hybridized carbons (Fsp3) is 0.136. The Bertz CT molecular complexity index is 1120. The summed E-state index contributed by atoms with van der Waals surface area (Å²) in [5, 5.41) is 0.322.